The van der Waals surface area contributed by atoms with Crippen LogP contribution in [0.1, 0.15) is 52.4 Å². The molecule has 2 aliphatic rings. The van der Waals surface area contributed by atoms with Gasteiger partial charge in [-0.25, -0.2) is 0 Å². The van der Waals surface area contributed by atoms with Crippen molar-refractivity contribution in [1.29, 1.82) is 0 Å². The molecule has 0 saturated heterocycles. The third-order valence-corrected chi connectivity index (χ3v) is 4.63. The first-order chi connectivity index (χ1) is 7.04. The highest BCUT2D eigenvalue weighted by Gasteiger charge is 2.51. The predicted molar refractivity (Wildman–Crippen MR) is 59.6 cm³/mol. The lowest BCUT2D eigenvalue weighted by atomic mass is 9.55. The summed E-state index contributed by atoms with van der Waals surface area (Å²) in [5.41, 5.74) is -0.330. The first kappa shape index (κ1) is 11.0. The summed E-state index contributed by atoms with van der Waals surface area (Å²) in [6.07, 6.45) is 6.52. The van der Waals surface area contributed by atoms with Crippen LogP contribution >= 0.6 is 0 Å². The molecule has 0 radical (unpaired) electrons. The van der Waals surface area contributed by atoms with E-state index in [0.29, 0.717) is 5.92 Å². The summed E-state index contributed by atoms with van der Waals surface area (Å²) >= 11 is 0. The Hall–Kier alpha value is -0.530. The van der Waals surface area contributed by atoms with Crippen molar-refractivity contribution >= 4 is 5.97 Å². The molecule has 2 rings (SSSR count). The van der Waals surface area contributed by atoms with Gasteiger partial charge in [0.05, 0.1) is 5.41 Å². The smallest absolute Gasteiger partial charge is 0.309 e. The van der Waals surface area contributed by atoms with Crippen LogP contribution in [-0.2, 0) is 4.79 Å². The molecule has 1 N–H and O–H groups in total. The van der Waals surface area contributed by atoms with Crippen LogP contribution < -0.4 is 0 Å². The van der Waals surface area contributed by atoms with E-state index in [0.717, 1.165) is 43.9 Å². The van der Waals surface area contributed by atoms with Crippen molar-refractivity contribution in [3.05, 3.63) is 0 Å². The molecule has 0 spiro atoms. The van der Waals surface area contributed by atoms with Crippen LogP contribution in [0.5, 0.6) is 0 Å². The molecular formula is C13H22O2. The van der Waals surface area contributed by atoms with Crippen LogP contribution in [0.15, 0.2) is 0 Å². The number of aliphatic carboxylic acids is 1. The summed E-state index contributed by atoms with van der Waals surface area (Å²) in [5, 5.41) is 9.41. The van der Waals surface area contributed by atoms with Crippen molar-refractivity contribution < 1.29 is 9.90 Å². The molecule has 2 heteroatoms. The second-order valence-corrected chi connectivity index (χ2v) is 5.93. The number of hydrogen-bond donors (Lipinski definition) is 1. The minimum atomic E-state index is -0.528. The topological polar surface area (TPSA) is 37.3 Å². The normalized spacial score (nSPS) is 39.5. The van der Waals surface area contributed by atoms with Crippen molar-refractivity contribution in [3.63, 3.8) is 0 Å². The molecule has 2 fully saturated rings. The van der Waals surface area contributed by atoms with E-state index in [9.17, 15) is 9.90 Å². The Morgan fingerprint density at radius 2 is 1.67 bits per heavy atom. The van der Waals surface area contributed by atoms with Crippen molar-refractivity contribution in [1.82, 2.24) is 0 Å². The van der Waals surface area contributed by atoms with Gasteiger partial charge in [0.1, 0.15) is 0 Å². The van der Waals surface area contributed by atoms with Crippen LogP contribution in [0, 0.1) is 23.2 Å². The molecular weight excluding hydrogens is 188 g/mol. The average Bonchev–Trinajstić information content (AvgIpc) is 1.97. The van der Waals surface area contributed by atoms with E-state index in [1.165, 1.54) is 6.42 Å². The van der Waals surface area contributed by atoms with Crippen LogP contribution in [0.2, 0.25) is 0 Å². The van der Waals surface area contributed by atoms with E-state index < -0.39 is 5.97 Å². The van der Waals surface area contributed by atoms with Gasteiger partial charge in [0, 0.05) is 0 Å². The molecule has 0 heterocycles. The molecule has 2 aliphatic carbocycles. The van der Waals surface area contributed by atoms with Gasteiger partial charge >= 0.3 is 5.97 Å². The number of carbonyl (C=O) groups is 1. The SMILES string of the molecule is CC1CC(C)CC(C2(C(=O)O)CCC2)C1. The van der Waals surface area contributed by atoms with Crippen LogP contribution in [0.3, 0.4) is 0 Å². The van der Waals surface area contributed by atoms with Gasteiger partial charge in [0.25, 0.3) is 0 Å². The summed E-state index contributed by atoms with van der Waals surface area (Å²) in [7, 11) is 0. The van der Waals surface area contributed by atoms with Gasteiger partial charge in [-0.15, -0.1) is 0 Å². The Kier molecular flexibility index (Phi) is 2.78. The van der Waals surface area contributed by atoms with Crippen LogP contribution in [0.4, 0.5) is 0 Å². The molecule has 0 aromatic heterocycles. The zero-order valence-electron chi connectivity index (χ0n) is 9.83. The van der Waals surface area contributed by atoms with Gasteiger partial charge in [-0.05, 0) is 49.9 Å². The zero-order chi connectivity index (χ0) is 11.1. The van der Waals surface area contributed by atoms with Gasteiger partial charge in [0.2, 0.25) is 0 Å². The van der Waals surface area contributed by atoms with Crippen molar-refractivity contribution in [3.8, 4) is 0 Å². The molecule has 0 aromatic carbocycles. The van der Waals surface area contributed by atoms with E-state index in [1.54, 1.807) is 0 Å². The molecule has 0 aromatic rings. The third kappa shape index (κ3) is 1.79. The number of carboxylic acids is 1. The molecule has 0 amide bonds. The number of hydrogen-bond acceptors (Lipinski definition) is 1. The summed E-state index contributed by atoms with van der Waals surface area (Å²) in [4.78, 5) is 11.4. The lowest BCUT2D eigenvalue weighted by molar-refractivity contribution is -0.162. The summed E-state index contributed by atoms with van der Waals surface area (Å²) in [6.45, 7) is 4.55. The highest BCUT2D eigenvalue weighted by atomic mass is 16.4. The maximum absolute atomic E-state index is 11.4. The molecule has 2 atom stereocenters. The van der Waals surface area contributed by atoms with E-state index in [4.69, 9.17) is 0 Å². The Morgan fingerprint density at radius 1 is 1.13 bits per heavy atom. The quantitative estimate of drug-likeness (QED) is 0.759. The second-order valence-electron chi connectivity index (χ2n) is 5.93. The number of carboxylic acid groups (broad SMARTS) is 1. The highest BCUT2D eigenvalue weighted by Crippen LogP contribution is 2.53. The maximum Gasteiger partial charge on any atom is 0.309 e. The third-order valence-electron chi connectivity index (χ3n) is 4.63. The summed E-state index contributed by atoms with van der Waals surface area (Å²) < 4.78 is 0. The first-order valence-corrected chi connectivity index (χ1v) is 6.28. The summed E-state index contributed by atoms with van der Waals surface area (Å²) in [5.74, 6) is 1.36. The molecule has 2 unspecified atom stereocenters. The Balaban J connectivity index is 2.11. The Morgan fingerprint density at radius 3 is 2.00 bits per heavy atom. The Labute approximate surface area is 92.1 Å². The highest BCUT2D eigenvalue weighted by molar-refractivity contribution is 5.76. The van der Waals surface area contributed by atoms with Crippen LogP contribution in [0.25, 0.3) is 0 Å². The van der Waals surface area contributed by atoms with E-state index in [-0.39, 0.29) is 5.41 Å². The van der Waals surface area contributed by atoms with Gasteiger partial charge in [0.15, 0.2) is 0 Å². The predicted octanol–water partition coefficient (Wildman–Crippen LogP) is 3.31. The van der Waals surface area contributed by atoms with Crippen molar-refractivity contribution in [2.45, 2.75) is 52.4 Å². The fraction of sp³-hybridized carbons (Fsp3) is 0.923. The molecule has 2 saturated carbocycles. The van der Waals surface area contributed by atoms with Crippen molar-refractivity contribution in [2.75, 3.05) is 0 Å². The lowest BCUT2D eigenvalue weighted by Gasteiger charge is -2.48. The minimum absolute atomic E-state index is 0.330. The minimum Gasteiger partial charge on any atom is -0.481 e. The van der Waals surface area contributed by atoms with Gasteiger partial charge in [-0.1, -0.05) is 20.3 Å². The largest absolute Gasteiger partial charge is 0.481 e. The monoisotopic (exact) mass is 210 g/mol. The lowest BCUT2D eigenvalue weighted by Crippen LogP contribution is -2.47. The maximum atomic E-state index is 11.4. The first-order valence-electron chi connectivity index (χ1n) is 6.28. The number of rotatable bonds is 2. The standard InChI is InChI=1S/C13H22O2/c1-9-6-10(2)8-11(7-9)13(12(14)15)4-3-5-13/h9-11H,3-8H2,1-2H3,(H,14,15). The zero-order valence-corrected chi connectivity index (χ0v) is 9.83. The van der Waals surface area contributed by atoms with Gasteiger partial charge in [-0.3, -0.25) is 4.79 Å². The van der Waals surface area contributed by atoms with Crippen LogP contribution in [-0.4, -0.2) is 11.1 Å². The fourth-order valence-corrected chi connectivity index (χ4v) is 3.75. The molecule has 0 aliphatic heterocycles. The Bertz CT molecular complexity index is 245. The van der Waals surface area contributed by atoms with Gasteiger partial charge < -0.3 is 5.11 Å². The molecule has 0 bridgehead atoms. The molecule has 15 heavy (non-hydrogen) atoms. The van der Waals surface area contributed by atoms with Crippen molar-refractivity contribution in [2.24, 2.45) is 23.2 Å². The molecule has 86 valence electrons. The fourth-order valence-electron chi connectivity index (χ4n) is 3.75. The van der Waals surface area contributed by atoms with E-state index in [2.05, 4.69) is 13.8 Å². The molecule has 2 nitrogen and oxygen atoms in total. The summed E-state index contributed by atoms with van der Waals surface area (Å²) in [6, 6.07) is 0. The average molecular weight is 210 g/mol. The second kappa shape index (κ2) is 3.80. The van der Waals surface area contributed by atoms with E-state index in [1.807, 2.05) is 0 Å². The van der Waals surface area contributed by atoms with E-state index >= 15 is 0 Å². The van der Waals surface area contributed by atoms with Gasteiger partial charge in [-0.2, -0.15) is 0 Å².